The fourth-order valence-corrected chi connectivity index (χ4v) is 10.0. The largest absolute Gasteiger partial charge is 0.309 e. The third-order valence-electron chi connectivity index (χ3n) is 12.7. The molecule has 9 aromatic carbocycles. The van der Waals surface area contributed by atoms with Crippen molar-refractivity contribution < 1.29 is 0 Å². The number of fused-ring (bicyclic) bond motifs is 11. The molecule has 1 aliphatic carbocycles. The SMILES string of the molecule is CC1(C)c2ccccc2-c2c1ccc1c2c2cc(-c3ccc4c(c3)c3ccccc3n4-c3cccc(-c4ccccc4)c3)ccc2n1-c1cccc2ccccc12. The van der Waals surface area contributed by atoms with Gasteiger partial charge in [0.05, 0.1) is 27.8 Å². The molecule has 0 N–H and O–H groups in total. The van der Waals surface area contributed by atoms with Crippen molar-refractivity contribution in [1.29, 1.82) is 0 Å². The fraction of sp³-hybridized carbons (Fsp3) is 0.0545. The van der Waals surface area contributed by atoms with Crippen LogP contribution in [-0.2, 0) is 5.41 Å². The standard InChI is InChI=1S/C55H38N2/c1-55(2)46-23-10-8-22-43(46)53-47(55)28-31-52-54(53)45-34-39(27-30-51(45)57(52)48-25-13-17-36-16-6-7-20-41(36)48)38-26-29-50-44(33-38)42-21-9-11-24-49(42)56(50)40-19-12-18-37(32-40)35-14-4-3-5-15-35/h3-34H,1-2H3. The monoisotopic (exact) mass is 726 g/mol. The predicted molar refractivity (Wildman–Crippen MR) is 241 cm³/mol. The summed E-state index contributed by atoms with van der Waals surface area (Å²) in [4.78, 5) is 0. The van der Waals surface area contributed by atoms with Gasteiger partial charge in [-0.1, -0.05) is 153 Å². The smallest absolute Gasteiger partial charge is 0.0547 e. The van der Waals surface area contributed by atoms with Crippen molar-refractivity contribution in [2.45, 2.75) is 19.3 Å². The van der Waals surface area contributed by atoms with Gasteiger partial charge in [-0.05, 0) is 104 Å². The number of rotatable bonds is 4. The molecule has 0 atom stereocenters. The Kier molecular flexibility index (Phi) is 6.72. The van der Waals surface area contributed by atoms with Gasteiger partial charge in [0.15, 0.2) is 0 Å². The summed E-state index contributed by atoms with van der Waals surface area (Å²) in [5.74, 6) is 0. The summed E-state index contributed by atoms with van der Waals surface area (Å²) in [7, 11) is 0. The van der Waals surface area contributed by atoms with E-state index in [1.165, 1.54) is 105 Å². The van der Waals surface area contributed by atoms with Crippen LogP contribution in [0, 0.1) is 0 Å². The van der Waals surface area contributed by atoms with Crippen molar-refractivity contribution in [2.24, 2.45) is 0 Å². The molecular weight excluding hydrogens is 689 g/mol. The van der Waals surface area contributed by atoms with E-state index in [4.69, 9.17) is 0 Å². The van der Waals surface area contributed by atoms with Crippen LogP contribution in [0.25, 0.3) is 99.1 Å². The summed E-state index contributed by atoms with van der Waals surface area (Å²) in [5, 5.41) is 7.60. The zero-order chi connectivity index (χ0) is 37.8. The second-order valence-electron chi connectivity index (χ2n) is 16.1. The summed E-state index contributed by atoms with van der Waals surface area (Å²) < 4.78 is 4.93. The maximum atomic E-state index is 2.51. The van der Waals surface area contributed by atoms with Crippen molar-refractivity contribution in [1.82, 2.24) is 9.13 Å². The Balaban J connectivity index is 1.11. The first-order valence-corrected chi connectivity index (χ1v) is 19.9. The zero-order valence-electron chi connectivity index (χ0n) is 31.9. The third-order valence-corrected chi connectivity index (χ3v) is 12.7. The molecule has 0 unspecified atom stereocenters. The van der Waals surface area contributed by atoms with Crippen molar-refractivity contribution in [2.75, 3.05) is 0 Å². The maximum absolute atomic E-state index is 2.51. The van der Waals surface area contributed by atoms with Crippen LogP contribution in [0.3, 0.4) is 0 Å². The van der Waals surface area contributed by atoms with Crippen molar-refractivity contribution >= 4 is 54.4 Å². The van der Waals surface area contributed by atoms with Crippen LogP contribution in [0.4, 0.5) is 0 Å². The minimum Gasteiger partial charge on any atom is -0.309 e. The fourth-order valence-electron chi connectivity index (χ4n) is 10.0. The normalized spacial score (nSPS) is 13.2. The molecule has 268 valence electrons. The lowest BCUT2D eigenvalue weighted by Crippen LogP contribution is -2.14. The van der Waals surface area contributed by atoms with Gasteiger partial charge in [0.1, 0.15) is 0 Å². The van der Waals surface area contributed by atoms with Crippen LogP contribution in [0.2, 0.25) is 0 Å². The van der Waals surface area contributed by atoms with Crippen LogP contribution < -0.4 is 0 Å². The van der Waals surface area contributed by atoms with Gasteiger partial charge in [-0.25, -0.2) is 0 Å². The van der Waals surface area contributed by atoms with Crippen LogP contribution in [-0.4, -0.2) is 9.13 Å². The Hall–Kier alpha value is -7.16. The number of aromatic nitrogens is 2. The molecule has 1 aliphatic rings. The van der Waals surface area contributed by atoms with Gasteiger partial charge < -0.3 is 9.13 Å². The first kappa shape index (κ1) is 32.1. The second-order valence-corrected chi connectivity index (χ2v) is 16.1. The summed E-state index contributed by atoms with van der Waals surface area (Å²) in [6.07, 6.45) is 0. The number of nitrogens with zero attached hydrogens (tertiary/aromatic N) is 2. The van der Waals surface area contributed by atoms with Gasteiger partial charge in [0.25, 0.3) is 0 Å². The molecule has 11 aromatic rings. The number of benzene rings is 9. The molecule has 2 nitrogen and oxygen atoms in total. The first-order valence-electron chi connectivity index (χ1n) is 19.9. The summed E-state index contributed by atoms with van der Waals surface area (Å²) in [5.41, 5.74) is 17.5. The van der Waals surface area contributed by atoms with Crippen LogP contribution in [0.5, 0.6) is 0 Å². The Morgan fingerprint density at radius 2 is 0.982 bits per heavy atom. The van der Waals surface area contributed by atoms with Crippen LogP contribution >= 0.6 is 0 Å². The number of para-hydroxylation sites is 1. The Bertz CT molecular complexity index is 3420. The lowest BCUT2D eigenvalue weighted by atomic mass is 9.82. The molecule has 0 saturated heterocycles. The minimum absolute atomic E-state index is 0.0918. The topological polar surface area (TPSA) is 9.86 Å². The van der Waals surface area contributed by atoms with Gasteiger partial charge in [0.2, 0.25) is 0 Å². The molecule has 0 amide bonds. The van der Waals surface area contributed by atoms with Crippen molar-refractivity contribution in [3.8, 4) is 44.8 Å². The molecule has 2 aromatic heterocycles. The van der Waals surface area contributed by atoms with Gasteiger partial charge >= 0.3 is 0 Å². The van der Waals surface area contributed by atoms with E-state index in [1.54, 1.807) is 0 Å². The minimum atomic E-state index is -0.0918. The highest BCUT2D eigenvalue weighted by Gasteiger charge is 2.37. The van der Waals surface area contributed by atoms with Gasteiger partial charge in [0, 0.05) is 38.0 Å². The molecule has 12 rings (SSSR count). The quantitative estimate of drug-likeness (QED) is 0.171. The first-order chi connectivity index (χ1) is 28.0. The van der Waals surface area contributed by atoms with Gasteiger partial charge in [-0.3, -0.25) is 0 Å². The molecule has 57 heavy (non-hydrogen) atoms. The van der Waals surface area contributed by atoms with Gasteiger partial charge in [-0.15, -0.1) is 0 Å². The molecule has 0 saturated carbocycles. The average Bonchev–Trinajstić information content (AvgIpc) is 3.86. The average molecular weight is 727 g/mol. The van der Waals surface area contributed by atoms with Crippen molar-refractivity contribution in [3.63, 3.8) is 0 Å². The van der Waals surface area contributed by atoms with E-state index in [1.807, 2.05) is 0 Å². The molecule has 0 aliphatic heterocycles. The van der Waals surface area contributed by atoms with E-state index in [-0.39, 0.29) is 5.41 Å². The third kappa shape index (κ3) is 4.59. The van der Waals surface area contributed by atoms with Crippen molar-refractivity contribution in [3.05, 3.63) is 205 Å². The molecule has 0 radical (unpaired) electrons. The van der Waals surface area contributed by atoms with Crippen LogP contribution in [0.1, 0.15) is 25.0 Å². The highest BCUT2D eigenvalue weighted by Crippen LogP contribution is 2.53. The van der Waals surface area contributed by atoms with Gasteiger partial charge in [-0.2, -0.15) is 0 Å². The Morgan fingerprint density at radius 3 is 1.84 bits per heavy atom. The van der Waals surface area contributed by atoms with E-state index in [2.05, 4.69) is 217 Å². The molecule has 0 fully saturated rings. The molecule has 0 bridgehead atoms. The highest BCUT2D eigenvalue weighted by atomic mass is 15.0. The van der Waals surface area contributed by atoms with Crippen LogP contribution in [0.15, 0.2) is 194 Å². The van der Waals surface area contributed by atoms with E-state index in [0.717, 1.165) is 5.69 Å². The Morgan fingerprint density at radius 1 is 0.368 bits per heavy atom. The van der Waals surface area contributed by atoms with E-state index in [0.29, 0.717) is 0 Å². The van der Waals surface area contributed by atoms with E-state index >= 15 is 0 Å². The molecule has 2 heterocycles. The summed E-state index contributed by atoms with van der Waals surface area (Å²) in [6, 6.07) is 71.8. The number of hydrogen-bond acceptors (Lipinski definition) is 0. The van der Waals surface area contributed by atoms with E-state index in [9.17, 15) is 0 Å². The molecular formula is C55H38N2. The van der Waals surface area contributed by atoms with E-state index < -0.39 is 0 Å². The lowest BCUT2D eigenvalue weighted by Gasteiger charge is -2.21. The second kappa shape index (κ2) is 11.9. The Labute approximate surface area is 331 Å². The lowest BCUT2D eigenvalue weighted by molar-refractivity contribution is 0.661. The molecule has 2 heteroatoms. The summed E-state index contributed by atoms with van der Waals surface area (Å²) in [6.45, 7) is 4.75. The summed E-state index contributed by atoms with van der Waals surface area (Å²) >= 11 is 0. The highest BCUT2D eigenvalue weighted by molar-refractivity contribution is 6.19. The zero-order valence-corrected chi connectivity index (χ0v) is 31.9. The molecule has 0 spiro atoms. The number of hydrogen-bond donors (Lipinski definition) is 0. The maximum Gasteiger partial charge on any atom is 0.0547 e. The predicted octanol–water partition coefficient (Wildman–Crippen LogP) is 14.7.